The Kier molecular flexibility index (Phi) is 5.54. The van der Waals surface area contributed by atoms with E-state index in [9.17, 15) is 0 Å². The molecule has 23 heavy (non-hydrogen) atoms. The smallest absolute Gasteiger partial charge is 0.142 e. The second kappa shape index (κ2) is 8.02. The summed E-state index contributed by atoms with van der Waals surface area (Å²) < 4.78 is 5.60. The average Bonchev–Trinajstić information content (AvgIpc) is 3.14. The summed E-state index contributed by atoms with van der Waals surface area (Å²) in [5.74, 6) is 0.995. The minimum Gasteiger partial charge on any atom is -0.495 e. The molecular formula is C20H26N2O. The molecule has 3 nitrogen and oxygen atoms in total. The normalized spacial score (nSPS) is 14.2. The predicted molar refractivity (Wildman–Crippen MR) is 96.3 cm³/mol. The van der Waals surface area contributed by atoms with Crippen LogP contribution in [0.25, 0.3) is 0 Å². The van der Waals surface area contributed by atoms with E-state index in [2.05, 4.69) is 58.7 Å². The van der Waals surface area contributed by atoms with Gasteiger partial charge in [-0.25, -0.2) is 0 Å². The first kappa shape index (κ1) is 15.9. The van der Waals surface area contributed by atoms with E-state index in [1.807, 2.05) is 0 Å². The zero-order chi connectivity index (χ0) is 15.9. The highest BCUT2D eigenvalue weighted by atomic mass is 16.5. The van der Waals surface area contributed by atoms with Crippen LogP contribution in [0.2, 0.25) is 0 Å². The molecule has 1 N–H and O–H groups in total. The third-order valence-electron chi connectivity index (χ3n) is 4.45. The molecule has 0 bridgehead atoms. The molecule has 122 valence electrons. The van der Waals surface area contributed by atoms with E-state index in [0.717, 1.165) is 38.3 Å². The third-order valence-corrected chi connectivity index (χ3v) is 4.45. The number of hydrogen-bond donors (Lipinski definition) is 1. The number of ether oxygens (including phenoxy) is 1. The van der Waals surface area contributed by atoms with E-state index in [0.29, 0.717) is 0 Å². The molecule has 1 saturated heterocycles. The molecular weight excluding hydrogens is 284 g/mol. The summed E-state index contributed by atoms with van der Waals surface area (Å²) in [6.07, 6.45) is 3.63. The second-order valence-corrected chi connectivity index (χ2v) is 6.11. The van der Waals surface area contributed by atoms with Gasteiger partial charge in [-0.1, -0.05) is 36.4 Å². The van der Waals surface area contributed by atoms with Gasteiger partial charge >= 0.3 is 0 Å². The monoisotopic (exact) mass is 310 g/mol. The molecule has 0 radical (unpaired) electrons. The number of nitrogens with one attached hydrogen (secondary N) is 1. The highest BCUT2D eigenvalue weighted by molar-refractivity contribution is 5.60. The topological polar surface area (TPSA) is 24.5 Å². The van der Waals surface area contributed by atoms with Gasteiger partial charge in [-0.2, -0.15) is 0 Å². The number of methoxy groups -OCH3 is 1. The van der Waals surface area contributed by atoms with E-state index >= 15 is 0 Å². The van der Waals surface area contributed by atoms with Crippen molar-refractivity contribution in [3.05, 3.63) is 59.7 Å². The van der Waals surface area contributed by atoms with Crippen molar-refractivity contribution >= 4 is 5.69 Å². The first-order chi connectivity index (χ1) is 11.4. The van der Waals surface area contributed by atoms with Crippen LogP contribution in [0, 0.1) is 0 Å². The fraction of sp³-hybridized carbons (Fsp3) is 0.400. The van der Waals surface area contributed by atoms with Crippen molar-refractivity contribution in [2.45, 2.75) is 25.8 Å². The molecule has 2 aromatic rings. The van der Waals surface area contributed by atoms with Gasteiger partial charge in [0.15, 0.2) is 0 Å². The molecule has 0 unspecified atom stereocenters. The Hall–Kier alpha value is -2.00. The predicted octanol–water partition coefficient (Wildman–Crippen LogP) is 3.63. The molecule has 1 heterocycles. The van der Waals surface area contributed by atoms with Crippen LogP contribution in [0.5, 0.6) is 5.75 Å². The fourth-order valence-corrected chi connectivity index (χ4v) is 3.16. The summed E-state index contributed by atoms with van der Waals surface area (Å²) in [6, 6.07) is 17.2. The molecule has 1 aliphatic rings. The lowest BCUT2D eigenvalue weighted by Gasteiger charge is -2.21. The first-order valence-electron chi connectivity index (χ1n) is 8.53. The lowest BCUT2D eigenvalue weighted by Crippen LogP contribution is -2.19. The van der Waals surface area contributed by atoms with Crippen molar-refractivity contribution in [3.8, 4) is 5.75 Å². The molecule has 0 atom stereocenters. The van der Waals surface area contributed by atoms with E-state index < -0.39 is 0 Å². The molecule has 0 spiro atoms. The number of benzene rings is 2. The Balaban J connectivity index is 1.53. The standard InChI is InChI=1S/C20H26N2O/c1-23-20-15-18(9-10-19(20)22-13-5-6-14-22)16-21-12-11-17-7-3-2-4-8-17/h2-4,7-10,15,21H,5-6,11-14,16H2,1H3. The van der Waals surface area contributed by atoms with E-state index in [1.54, 1.807) is 7.11 Å². The minimum absolute atomic E-state index is 0.878. The van der Waals surface area contributed by atoms with Crippen LogP contribution in [0.1, 0.15) is 24.0 Å². The summed E-state index contributed by atoms with van der Waals surface area (Å²) in [5.41, 5.74) is 3.89. The molecule has 0 aliphatic carbocycles. The van der Waals surface area contributed by atoms with E-state index in [-0.39, 0.29) is 0 Å². The number of anilines is 1. The number of rotatable bonds is 7. The van der Waals surface area contributed by atoms with Crippen molar-refractivity contribution in [1.82, 2.24) is 5.32 Å². The number of nitrogens with zero attached hydrogens (tertiary/aromatic N) is 1. The van der Waals surface area contributed by atoms with Gasteiger partial charge in [0.1, 0.15) is 5.75 Å². The van der Waals surface area contributed by atoms with Crippen molar-refractivity contribution < 1.29 is 4.74 Å². The summed E-state index contributed by atoms with van der Waals surface area (Å²) in [6.45, 7) is 4.15. The summed E-state index contributed by atoms with van der Waals surface area (Å²) in [7, 11) is 1.77. The van der Waals surface area contributed by atoms with Gasteiger partial charge in [-0.15, -0.1) is 0 Å². The van der Waals surface area contributed by atoms with Gasteiger partial charge in [0, 0.05) is 19.6 Å². The molecule has 0 amide bonds. The Morgan fingerprint density at radius 3 is 2.52 bits per heavy atom. The largest absolute Gasteiger partial charge is 0.495 e. The Bertz CT molecular complexity index is 606. The van der Waals surface area contributed by atoms with Gasteiger partial charge in [0.05, 0.1) is 12.8 Å². The molecule has 3 rings (SSSR count). The molecule has 2 aromatic carbocycles. The molecule has 3 heteroatoms. The van der Waals surface area contributed by atoms with Gasteiger partial charge in [0.25, 0.3) is 0 Å². The van der Waals surface area contributed by atoms with Crippen LogP contribution >= 0.6 is 0 Å². The average molecular weight is 310 g/mol. The van der Waals surface area contributed by atoms with Crippen LogP contribution in [0.4, 0.5) is 5.69 Å². The van der Waals surface area contributed by atoms with E-state index in [1.165, 1.54) is 29.7 Å². The maximum atomic E-state index is 5.60. The molecule has 1 aliphatic heterocycles. The summed E-state index contributed by atoms with van der Waals surface area (Å²) in [5, 5.41) is 3.52. The Labute approximate surface area is 139 Å². The zero-order valence-corrected chi connectivity index (χ0v) is 13.9. The van der Waals surface area contributed by atoms with E-state index in [4.69, 9.17) is 4.74 Å². The quantitative estimate of drug-likeness (QED) is 0.790. The Morgan fingerprint density at radius 2 is 1.78 bits per heavy atom. The third kappa shape index (κ3) is 4.26. The highest BCUT2D eigenvalue weighted by Crippen LogP contribution is 2.31. The maximum Gasteiger partial charge on any atom is 0.142 e. The Morgan fingerprint density at radius 1 is 1.00 bits per heavy atom. The van der Waals surface area contributed by atoms with Crippen LogP contribution < -0.4 is 15.0 Å². The van der Waals surface area contributed by atoms with Crippen molar-refractivity contribution in [2.75, 3.05) is 31.6 Å². The summed E-state index contributed by atoms with van der Waals surface area (Å²) >= 11 is 0. The van der Waals surface area contributed by atoms with Crippen molar-refractivity contribution in [2.24, 2.45) is 0 Å². The second-order valence-electron chi connectivity index (χ2n) is 6.11. The molecule has 0 aromatic heterocycles. The first-order valence-corrected chi connectivity index (χ1v) is 8.53. The van der Waals surface area contributed by atoms with Crippen LogP contribution in [0.3, 0.4) is 0 Å². The lowest BCUT2D eigenvalue weighted by atomic mass is 10.1. The SMILES string of the molecule is COc1cc(CNCCc2ccccc2)ccc1N1CCCC1. The molecule has 0 saturated carbocycles. The minimum atomic E-state index is 0.878. The van der Waals surface area contributed by atoms with Crippen LogP contribution in [-0.4, -0.2) is 26.7 Å². The highest BCUT2D eigenvalue weighted by Gasteiger charge is 2.16. The van der Waals surface area contributed by atoms with Gasteiger partial charge in [-0.3, -0.25) is 0 Å². The zero-order valence-electron chi connectivity index (χ0n) is 13.9. The van der Waals surface area contributed by atoms with Gasteiger partial charge < -0.3 is 15.0 Å². The van der Waals surface area contributed by atoms with Crippen molar-refractivity contribution in [3.63, 3.8) is 0 Å². The lowest BCUT2D eigenvalue weighted by molar-refractivity contribution is 0.414. The number of hydrogen-bond acceptors (Lipinski definition) is 3. The maximum absolute atomic E-state index is 5.60. The van der Waals surface area contributed by atoms with Crippen LogP contribution in [-0.2, 0) is 13.0 Å². The van der Waals surface area contributed by atoms with Gasteiger partial charge in [0.2, 0.25) is 0 Å². The fourth-order valence-electron chi connectivity index (χ4n) is 3.16. The van der Waals surface area contributed by atoms with Gasteiger partial charge in [-0.05, 0) is 49.1 Å². The van der Waals surface area contributed by atoms with Crippen molar-refractivity contribution in [1.29, 1.82) is 0 Å². The summed E-state index contributed by atoms with van der Waals surface area (Å²) in [4.78, 5) is 2.42. The molecule has 1 fully saturated rings. The van der Waals surface area contributed by atoms with Crippen LogP contribution in [0.15, 0.2) is 48.5 Å².